The molecule has 1 aliphatic heterocycles. The Kier molecular flexibility index (Phi) is 10.0. The van der Waals surface area contributed by atoms with Gasteiger partial charge in [0.2, 0.25) is 0 Å². The second-order valence-electron chi connectivity index (χ2n) is 9.79. The van der Waals surface area contributed by atoms with Crippen LogP contribution >= 0.6 is 0 Å². The predicted octanol–water partition coefficient (Wildman–Crippen LogP) is 4.06. The van der Waals surface area contributed by atoms with Crippen LogP contribution in [0.1, 0.15) is 31.2 Å². The first-order valence-corrected chi connectivity index (χ1v) is 12.7. The number of hydrogen-bond donors (Lipinski definition) is 3. The van der Waals surface area contributed by atoms with E-state index in [0.717, 1.165) is 37.1 Å². The molecule has 4 rings (SSSR count). The highest BCUT2D eigenvalue weighted by Gasteiger charge is 2.52. The Labute approximate surface area is 233 Å². The zero-order chi connectivity index (χ0) is 30.5. The van der Waals surface area contributed by atoms with Gasteiger partial charge in [0, 0.05) is 35.8 Å². The smallest absolute Gasteiger partial charge is 0.490 e. The van der Waals surface area contributed by atoms with Crippen LogP contribution in [0.2, 0.25) is 0 Å². The summed E-state index contributed by atoms with van der Waals surface area (Å²) in [6, 6.07) is 8.37. The van der Waals surface area contributed by atoms with Crippen LogP contribution < -0.4 is 20.1 Å². The van der Waals surface area contributed by atoms with E-state index in [1.165, 1.54) is 11.0 Å². The molecule has 1 heterocycles. The van der Waals surface area contributed by atoms with Gasteiger partial charge in [-0.2, -0.15) is 13.2 Å². The summed E-state index contributed by atoms with van der Waals surface area (Å²) in [5.41, 5.74) is 6.87. The molecule has 2 aromatic rings. The summed E-state index contributed by atoms with van der Waals surface area (Å²) in [7, 11) is 3.20. The van der Waals surface area contributed by atoms with Gasteiger partial charge in [0.15, 0.2) is 23.1 Å². The number of methoxy groups -OCH3 is 2. The third kappa shape index (κ3) is 6.81. The molecule has 0 unspecified atom stereocenters. The van der Waals surface area contributed by atoms with Crippen molar-refractivity contribution >= 4 is 17.7 Å². The number of aliphatic carboxylic acids is 1. The maximum absolute atomic E-state index is 14.0. The van der Waals surface area contributed by atoms with E-state index < -0.39 is 29.8 Å². The average Bonchev–Trinajstić information content (AvgIpc) is 3.29. The van der Waals surface area contributed by atoms with Crippen LogP contribution in [0.15, 0.2) is 36.4 Å². The lowest BCUT2D eigenvalue weighted by Gasteiger charge is -2.47. The van der Waals surface area contributed by atoms with Crippen molar-refractivity contribution in [1.29, 1.82) is 0 Å². The van der Waals surface area contributed by atoms with Gasteiger partial charge < -0.3 is 25.4 Å². The lowest BCUT2D eigenvalue weighted by atomic mass is 9.64. The number of aliphatic hydroxyl groups is 1. The molecule has 2 fully saturated rings. The number of urea groups is 1. The summed E-state index contributed by atoms with van der Waals surface area (Å²) < 4.78 is 70.1. The number of β-amino-alcohol motifs (C(OH)–C–C–N with tert-alkyl or cyclic N) is 1. The topological polar surface area (TPSA) is 126 Å². The van der Waals surface area contributed by atoms with E-state index in [2.05, 4.69) is 11.0 Å². The molecule has 41 heavy (non-hydrogen) atoms. The lowest BCUT2D eigenvalue weighted by Crippen LogP contribution is -2.55. The summed E-state index contributed by atoms with van der Waals surface area (Å²) >= 11 is 0. The molecule has 226 valence electrons. The fourth-order valence-corrected chi connectivity index (χ4v) is 5.89. The first-order valence-electron chi connectivity index (χ1n) is 12.7. The standard InChI is InChI=1S/C25H31F2N3O4.C2HF3O2/c1-33-21-6-3-16(13-22(21)34-2)25-8-7-18(15-23(25)29(10-9-25)11-12-31)30(24(28)32)17-4-5-19(26)20(27)14-17;3-2(4,5)1(6)7/h3-6,13-14,18,23,31H,7-12,15H2,1-2H3,(H2,28,32);(H,6,7)/t18-,23+,25+;/m1./s1. The third-order valence-electron chi connectivity index (χ3n) is 7.71. The molecule has 1 saturated heterocycles. The van der Waals surface area contributed by atoms with Gasteiger partial charge in [-0.25, -0.2) is 18.4 Å². The van der Waals surface area contributed by atoms with Crippen molar-refractivity contribution in [3.8, 4) is 11.5 Å². The summed E-state index contributed by atoms with van der Waals surface area (Å²) in [6.07, 6.45) is -2.22. The number of rotatable bonds is 7. The summed E-state index contributed by atoms with van der Waals surface area (Å²) in [5.74, 6) is -3.46. The molecule has 0 bridgehead atoms. The van der Waals surface area contributed by atoms with Crippen LogP contribution in [0, 0.1) is 11.6 Å². The molecule has 1 saturated carbocycles. The van der Waals surface area contributed by atoms with Gasteiger partial charge in [0.05, 0.1) is 20.8 Å². The van der Waals surface area contributed by atoms with Crippen molar-refractivity contribution in [3.05, 3.63) is 53.6 Å². The van der Waals surface area contributed by atoms with Gasteiger partial charge in [0.25, 0.3) is 0 Å². The number of benzene rings is 2. The van der Waals surface area contributed by atoms with Gasteiger partial charge in [0.1, 0.15) is 0 Å². The number of aliphatic hydroxyl groups excluding tert-OH is 1. The Morgan fingerprint density at radius 3 is 2.27 bits per heavy atom. The molecule has 14 heteroatoms. The Hall–Kier alpha value is -3.65. The predicted molar refractivity (Wildman–Crippen MR) is 138 cm³/mol. The Balaban J connectivity index is 0.000000587. The van der Waals surface area contributed by atoms with E-state index in [1.54, 1.807) is 14.2 Å². The first-order chi connectivity index (χ1) is 19.3. The third-order valence-corrected chi connectivity index (χ3v) is 7.71. The molecular formula is C27H32F5N3O6. The number of hydrogen-bond acceptors (Lipinski definition) is 6. The van der Waals surface area contributed by atoms with E-state index in [-0.39, 0.29) is 29.8 Å². The molecule has 0 aromatic heterocycles. The summed E-state index contributed by atoms with van der Waals surface area (Å²) in [5, 5.41) is 16.8. The number of amides is 2. The Morgan fingerprint density at radius 2 is 1.73 bits per heavy atom. The largest absolute Gasteiger partial charge is 0.493 e. The number of anilines is 1. The lowest BCUT2D eigenvalue weighted by molar-refractivity contribution is -0.192. The van der Waals surface area contributed by atoms with Gasteiger partial charge in [-0.15, -0.1) is 0 Å². The van der Waals surface area contributed by atoms with Crippen LogP contribution in [0.5, 0.6) is 11.5 Å². The van der Waals surface area contributed by atoms with Gasteiger partial charge in [-0.1, -0.05) is 6.07 Å². The minimum Gasteiger partial charge on any atom is -0.493 e. The second-order valence-corrected chi connectivity index (χ2v) is 9.79. The number of nitrogens with two attached hydrogens (primary N) is 1. The number of likely N-dealkylation sites (tertiary alicyclic amines) is 1. The number of alkyl halides is 3. The van der Waals surface area contributed by atoms with Crippen LogP contribution in [0.4, 0.5) is 32.4 Å². The Bertz CT molecular complexity index is 1250. The van der Waals surface area contributed by atoms with Crippen molar-refractivity contribution in [3.63, 3.8) is 0 Å². The number of halogens is 5. The first kappa shape index (κ1) is 31.9. The van der Waals surface area contributed by atoms with Crippen molar-refractivity contribution in [1.82, 2.24) is 4.90 Å². The van der Waals surface area contributed by atoms with E-state index in [4.69, 9.17) is 25.1 Å². The highest BCUT2D eigenvalue weighted by molar-refractivity contribution is 5.91. The molecule has 2 aliphatic rings. The van der Waals surface area contributed by atoms with Crippen LogP contribution in [-0.2, 0) is 10.2 Å². The van der Waals surface area contributed by atoms with E-state index in [0.29, 0.717) is 30.9 Å². The van der Waals surface area contributed by atoms with E-state index in [1.807, 2.05) is 12.1 Å². The Morgan fingerprint density at radius 1 is 1.07 bits per heavy atom. The van der Waals surface area contributed by atoms with Crippen LogP contribution in [0.3, 0.4) is 0 Å². The molecule has 4 N–H and O–H groups in total. The molecular weight excluding hydrogens is 557 g/mol. The zero-order valence-corrected chi connectivity index (χ0v) is 22.5. The average molecular weight is 590 g/mol. The number of carboxylic acids is 1. The van der Waals surface area contributed by atoms with Crippen molar-refractivity contribution in [2.45, 2.75) is 49.4 Å². The maximum Gasteiger partial charge on any atom is 0.490 e. The minimum atomic E-state index is -5.08. The highest BCUT2D eigenvalue weighted by atomic mass is 19.4. The maximum atomic E-state index is 14.0. The van der Waals surface area contributed by atoms with Gasteiger partial charge in [-0.3, -0.25) is 9.80 Å². The minimum absolute atomic E-state index is 0.0173. The van der Waals surface area contributed by atoms with Crippen LogP contribution in [0.25, 0.3) is 0 Å². The summed E-state index contributed by atoms with van der Waals surface area (Å²) in [4.78, 5) is 25.0. The SMILES string of the molecule is COc1ccc([C@@]23CC[C@@H](N(C(N)=O)c4ccc(F)c(F)c4)C[C@@H]2N(CCO)CC3)cc1OC.O=C(O)C(F)(F)F. The van der Waals surface area contributed by atoms with E-state index >= 15 is 0 Å². The van der Waals surface area contributed by atoms with Gasteiger partial charge >= 0.3 is 18.2 Å². The van der Waals surface area contributed by atoms with Crippen molar-refractivity contribution < 1.29 is 51.2 Å². The number of carbonyl (C=O) groups excluding carboxylic acids is 1. The summed E-state index contributed by atoms with van der Waals surface area (Å²) in [6.45, 7) is 1.33. The number of carbonyl (C=O) groups is 2. The fourth-order valence-electron chi connectivity index (χ4n) is 5.89. The van der Waals surface area contributed by atoms with Gasteiger partial charge in [-0.05, 0) is 62.1 Å². The molecule has 9 nitrogen and oxygen atoms in total. The number of carboxylic acid groups (broad SMARTS) is 1. The monoisotopic (exact) mass is 589 g/mol. The van der Waals surface area contributed by atoms with Crippen molar-refractivity contribution in [2.75, 3.05) is 38.8 Å². The number of nitrogens with zero attached hydrogens (tertiary/aromatic N) is 2. The van der Waals surface area contributed by atoms with Crippen LogP contribution in [-0.4, -0.2) is 79.3 Å². The zero-order valence-electron chi connectivity index (χ0n) is 22.5. The fraction of sp³-hybridized carbons (Fsp3) is 0.481. The highest BCUT2D eigenvalue weighted by Crippen LogP contribution is 2.51. The quantitative estimate of drug-likeness (QED) is 0.416. The molecule has 3 atom stereocenters. The van der Waals surface area contributed by atoms with E-state index in [9.17, 15) is 31.9 Å². The number of ether oxygens (including phenoxy) is 2. The normalized spacial score (nSPS) is 22.2. The molecule has 2 aromatic carbocycles. The molecule has 1 aliphatic carbocycles. The number of primary amides is 1. The molecule has 2 amide bonds. The second kappa shape index (κ2) is 12.9. The number of fused-ring (bicyclic) bond motifs is 1. The molecule has 0 radical (unpaired) electrons. The molecule has 0 spiro atoms. The van der Waals surface area contributed by atoms with Crippen molar-refractivity contribution in [2.24, 2.45) is 5.73 Å².